The van der Waals surface area contributed by atoms with E-state index in [0.29, 0.717) is 24.4 Å². The molecule has 2 N–H and O–H groups in total. The molecular formula is C23H25N5O5S3. The normalized spacial score (nSPS) is 15.4. The lowest BCUT2D eigenvalue weighted by Gasteiger charge is -2.26. The van der Waals surface area contributed by atoms with Gasteiger partial charge in [0.15, 0.2) is 0 Å². The minimum atomic E-state index is -3.86. The molecule has 0 unspecified atom stereocenters. The van der Waals surface area contributed by atoms with Crippen LogP contribution in [0.2, 0.25) is 0 Å². The zero-order valence-electron chi connectivity index (χ0n) is 19.4. The zero-order valence-corrected chi connectivity index (χ0v) is 21.9. The van der Waals surface area contributed by atoms with Gasteiger partial charge in [-0.15, -0.1) is 11.3 Å². The molecule has 0 saturated carbocycles. The molecule has 1 fully saturated rings. The van der Waals surface area contributed by atoms with Crippen molar-refractivity contribution in [2.75, 3.05) is 17.8 Å². The van der Waals surface area contributed by atoms with Gasteiger partial charge in [-0.25, -0.2) is 22.3 Å². The van der Waals surface area contributed by atoms with E-state index < -0.39 is 26.0 Å². The number of amides is 1. The number of anilines is 1. The van der Waals surface area contributed by atoms with Crippen molar-refractivity contribution >= 4 is 48.7 Å². The Morgan fingerprint density at radius 2 is 1.83 bits per heavy atom. The molecule has 0 radical (unpaired) electrons. The van der Waals surface area contributed by atoms with Gasteiger partial charge in [0.2, 0.25) is 10.0 Å². The summed E-state index contributed by atoms with van der Waals surface area (Å²) in [6, 6.07) is 10.9. The first-order valence-electron chi connectivity index (χ1n) is 11.1. The molecule has 10 nitrogen and oxygen atoms in total. The lowest BCUT2D eigenvalue weighted by atomic mass is 10.1. The average Bonchev–Trinajstić information content (AvgIpc) is 3.44. The fourth-order valence-corrected chi connectivity index (χ4v) is 7.31. The van der Waals surface area contributed by atoms with Gasteiger partial charge in [0.25, 0.3) is 15.9 Å². The molecule has 0 atom stereocenters. The van der Waals surface area contributed by atoms with E-state index in [2.05, 4.69) is 20.2 Å². The Balaban J connectivity index is 1.51. The minimum Gasteiger partial charge on any atom is -0.278 e. The molecule has 3 heterocycles. The molecule has 1 saturated heterocycles. The van der Waals surface area contributed by atoms with Gasteiger partial charge < -0.3 is 0 Å². The number of rotatable bonds is 8. The third-order valence-corrected chi connectivity index (χ3v) is 10.3. The fraction of sp³-hybridized carbons (Fsp3) is 0.261. The number of thiophene rings is 1. The average molecular weight is 548 g/mol. The molecule has 36 heavy (non-hydrogen) atoms. The summed E-state index contributed by atoms with van der Waals surface area (Å²) in [5.41, 5.74) is 3.34. The van der Waals surface area contributed by atoms with Crippen LogP contribution in [-0.4, -0.2) is 50.8 Å². The van der Waals surface area contributed by atoms with Crippen molar-refractivity contribution in [3.8, 4) is 0 Å². The summed E-state index contributed by atoms with van der Waals surface area (Å²) in [7, 11) is -7.48. The van der Waals surface area contributed by atoms with Crippen LogP contribution in [-0.2, 0) is 20.0 Å². The molecule has 1 amide bonds. The predicted octanol–water partition coefficient (Wildman–Crippen LogP) is 3.27. The van der Waals surface area contributed by atoms with Crippen LogP contribution in [0.15, 0.2) is 74.4 Å². The summed E-state index contributed by atoms with van der Waals surface area (Å²) >= 11 is 1.05. The third kappa shape index (κ3) is 5.81. The Morgan fingerprint density at radius 3 is 2.56 bits per heavy atom. The number of nitrogens with one attached hydrogen (secondary N) is 2. The molecule has 13 heteroatoms. The first kappa shape index (κ1) is 25.9. The number of aromatic nitrogens is 1. The Morgan fingerprint density at radius 1 is 1.06 bits per heavy atom. The highest BCUT2D eigenvalue weighted by molar-refractivity contribution is 7.94. The van der Waals surface area contributed by atoms with Gasteiger partial charge in [-0.05, 0) is 55.0 Å². The fourth-order valence-electron chi connectivity index (χ4n) is 3.67. The number of hydrazone groups is 1. The summed E-state index contributed by atoms with van der Waals surface area (Å²) in [4.78, 5) is 16.9. The monoisotopic (exact) mass is 547 g/mol. The van der Waals surface area contributed by atoms with Gasteiger partial charge in [-0.3, -0.25) is 14.5 Å². The first-order valence-corrected chi connectivity index (χ1v) is 14.9. The van der Waals surface area contributed by atoms with Crippen molar-refractivity contribution in [1.29, 1.82) is 0 Å². The maximum Gasteiger partial charge on any atom is 0.275 e. The van der Waals surface area contributed by atoms with Gasteiger partial charge in [0, 0.05) is 25.5 Å². The first-order chi connectivity index (χ1) is 17.2. The van der Waals surface area contributed by atoms with Crippen LogP contribution in [0.1, 0.15) is 42.1 Å². The molecule has 2 aromatic heterocycles. The highest BCUT2D eigenvalue weighted by atomic mass is 32.2. The molecule has 0 bridgehead atoms. The van der Waals surface area contributed by atoms with Crippen LogP contribution >= 0.6 is 11.3 Å². The second kappa shape index (κ2) is 10.9. The van der Waals surface area contributed by atoms with Crippen molar-refractivity contribution in [3.63, 3.8) is 0 Å². The van der Waals surface area contributed by atoms with Gasteiger partial charge in [0.1, 0.15) is 4.21 Å². The van der Waals surface area contributed by atoms with E-state index in [1.807, 2.05) is 0 Å². The number of hydrogen-bond acceptors (Lipinski definition) is 8. The number of hydrogen-bond donors (Lipinski definition) is 2. The number of pyridine rings is 1. The van der Waals surface area contributed by atoms with Gasteiger partial charge >= 0.3 is 0 Å². The second-order valence-corrected chi connectivity index (χ2v) is 12.9. The van der Waals surface area contributed by atoms with E-state index in [4.69, 9.17) is 0 Å². The van der Waals surface area contributed by atoms with Crippen molar-refractivity contribution in [3.05, 3.63) is 71.4 Å². The number of nitrogens with zero attached hydrogens (tertiary/aromatic N) is 3. The predicted molar refractivity (Wildman–Crippen MR) is 138 cm³/mol. The molecule has 0 aliphatic carbocycles. The number of sulfonamides is 2. The van der Waals surface area contributed by atoms with E-state index in [9.17, 15) is 21.6 Å². The zero-order chi connectivity index (χ0) is 25.8. The van der Waals surface area contributed by atoms with Crippen LogP contribution in [0, 0.1) is 0 Å². The van der Waals surface area contributed by atoms with Gasteiger partial charge in [-0.1, -0.05) is 24.6 Å². The Bertz CT molecular complexity index is 1480. The minimum absolute atomic E-state index is 0.0180. The van der Waals surface area contributed by atoms with Gasteiger partial charge in [0.05, 0.1) is 21.9 Å². The Hall–Kier alpha value is -3.13. The smallest absolute Gasteiger partial charge is 0.275 e. The highest BCUT2D eigenvalue weighted by Crippen LogP contribution is 2.23. The van der Waals surface area contributed by atoms with E-state index in [-0.39, 0.29) is 20.4 Å². The lowest BCUT2D eigenvalue weighted by molar-refractivity contribution is 0.0955. The Labute approximate surface area is 214 Å². The maximum atomic E-state index is 13.0. The molecule has 1 aliphatic rings. The SMILES string of the molecule is C/C(=N\NC(=O)c1cnccc1NS(=O)(=O)c1cccs1)c1cccc(S(=O)(=O)N2CCCCC2)c1. The van der Waals surface area contributed by atoms with E-state index in [0.717, 1.165) is 30.6 Å². The van der Waals surface area contributed by atoms with Crippen molar-refractivity contribution in [2.45, 2.75) is 35.3 Å². The second-order valence-electron chi connectivity index (χ2n) is 8.09. The van der Waals surface area contributed by atoms with Crippen LogP contribution in [0.5, 0.6) is 0 Å². The van der Waals surface area contributed by atoms with Crippen LogP contribution in [0.25, 0.3) is 0 Å². The van der Waals surface area contributed by atoms with Crippen LogP contribution in [0.4, 0.5) is 5.69 Å². The van der Waals surface area contributed by atoms with Crippen LogP contribution < -0.4 is 10.1 Å². The summed E-state index contributed by atoms with van der Waals surface area (Å²) in [6.45, 7) is 2.63. The summed E-state index contributed by atoms with van der Waals surface area (Å²) < 4.78 is 55.2. The number of carbonyl (C=O) groups is 1. The summed E-state index contributed by atoms with van der Waals surface area (Å²) in [6.07, 6.45) is 5.30. The van der Waals surface area contributed by atoms with E-state index >= 15 is 0 Å². The topological polar surface area (TPSA) is 138 Å². The molecule has 3 aromatic rings. The third-order valence-electron chi connectivity index (χ3n) is 5.60. The Kier molecular flexibility index (Phi) is 7.83. The molecule has 1 aliphatic heterocycles. The number of carbonyl (C=O) groups excluding carboxylic acids is 1. The largest absolute Gasteiger partial charge is 0.278 e. The van der Waals surface area contributed by atoms with Crippen molar-refractivity contribution < 1.29 is 21.6 Å². The quantitative estimate of drug-likeness (QED) is 0.328. The number of benzene rings is 1. The maximum absolute atomic E-state index is 13.0. The highest BCUT2D eigenvalue weighted by Gasteiger charge is 2.26. The lowest BCUT2D eigenvalue weighted by Crippen LogP contribution is -2.35. The molecular weight excluding hydrogens is 522 g/mol. The van der Waals surface area contributed by atoms with E-state index in [1.54, 1.807) is 36.6 Å². The molecule has 190 valence electrons. The van der Waals surface area contributed by atoms with E-state index in [1.165, 1.54) is 34.9 Å². The standard InChI is InChI=1S/C23H25N5O5S3/c1-17(18-7-5-8-19(15-18)36(32,33)28-12-3-2-4-13-28)25-26-23(29)20-16-24-11-10-21(20)27-35(30,31)22-9-6-14-34-22/h5-11,14-16H,2-4,12-13H2,1H3,(H,24,27)(H,26,29)/b25-17+. The van der Waals surface area contributed by atoms with Crippen molar-refractivity contribution in [1.82, 2.24) is 14.7 Å². The molecule has 1 aromatic carbocycles. The van der Waals surface area contributed by atoms with Crippen LogP contribution in [0.3, 0.4) is 0 Å². The molecule has 4 rings (SSSR count). The number of piperidine rings is 1. The summed E-state index contributed by atoms with van der Waals surface area (Å²) in [5, 5.41) is 5.74. The van der Waals surface area contributed by atoms with Crippen molar-refractivity contribution in [2.24, 2.45) is 5.10 Å². The summed E-state index contributed by atoms with van der Waals surface area (Å²) in [5.74, 6) is -0.677. The van der Waals surface area contributed by atoms with Gasteiger partial charge in [-0.2, -0.15) is 9.41 Å². The molecule has 0 spiro atoms.